The maximum absolute atomic E-state index is 12.1. The van der Waals surface area contributed by atoms with Crippen molar-refractivity contribution in [1.29, 1.82) is 0 Å². The lowest BCUT2D eigenvalue weighted by atomic mass is 10.0. The number of allylic oxidation sites excluding steroid dienone is 8. The molecule has 0 N–H and O–H groups in total. The summed E-state index contributed by atoms with van der Waals surface area (Å²) in [5.41, 5.74) is 5.36. The van der Waals surface area contributed by atoms with Gasteiger partial charge >= 0.3 is 0 Å². The second-order valence-corrected chi connectivity index (χ2v) is 9.14. The normalized spacial score (nSPS) is 17.5. The predicted molar refractivity (Wildman–Crippen MR) is 158 cm³/mol. The highest BCUT2D eigenvalue weighted by Gasteiger charge is 2.22. The highest BCUT2D eigenvalue weighted by atomic mass is 16.2. The van der Waals surface area contributed by atoms with E-state index in [1.54, 1.807) is 12.4 Å². The van der Waals surface area contributed by atoms with Gasteiger partial charge in [-0.3, -0.25) is 19.6 Å². The first-order valence-electron chi connectivity index (χ1n) is 13.1. The van der Waals surface area contributed by atoms with Crippen LogP contribution in [0.15, 0.2) is 106 Å². The van der Waals surface area contributed by atoms with Crippen LogP contribution >= 0.6 is 0 Å². The Labute approximate surface area is 225 Å². The summed E-state index contributed by atoms with van der Waals surface area (Å²) in [6.45, 7) is 5.48. The quantitative estimate of drug-likeness (QED) is 0.270. The summed E-state index contributed by atoms with van der Waals surface area (Å²) >= 11 is 0. The maximum Gasteiger partial charge on any atom is 0.227 e. The highest BCUT2D eigenvalue weighted by Crippen LogP contribution is 2.27. The summed E-state index contributed by atoms with van der Waals surface area (Å²) in [6, 6.07) is 15.5. The fraction of sp³-hybridized carbons (Fsp3) is 0.250. The van der Waals surface area contributed by atoms with Gasteiger partial charge in [0.25, 0.3) is 0 Å². The summed E-state index contributed by atoms with van der Waals surface area (Å²) in [5.74, 6) is 0.334. The molecule has 2 aliphatic heterocycles. The third-order valence-corrected chi connectivity index (χ3v) is 6.41. The molecule has 0 aliphatic carbocycles. The molecular weight excluding hydrogens is 472 g/mol. The molecule has 6 nitrogen and oxygen atoms in total. The molecule has 2 amide bonds. The molecule has 0 unspecified atom stereocenters. The largest absolute Gasteiger partial charge is 0.312 e. The number of hydrogen-bond donors (Lipinski definition) is 0. The molecule has 2 aliphatic rings. The molecule has 0 saturated carbocycles. The summed E-state index contributed by atoms with van der Waals surface area (Å²) in [4.78, 5) is 37.1. The number of nitrogens with zero attached hydrogens (tertiary/aromatic N) is 4. The summed E-state index contributed by atoms with van der Waals surface area (Å²) in [7, 11) is 0. The maximum atomic E-state index is 12.1. The number of benzene rings is 2. The minimum Gasteiger partial charge on any atom is -0.312 e. The zero-order chi connectivity index (χ0) is 26.7. The minimum absolute atomic E-state index is 0.167. The van der Waals surface area contributed by atoms with E-state index in [9.17, 15) is 9.59 Å². The Balaban J connectivity index is 1.52. The monoisotopic (exact) mass is 506 g/mol. The molecule has 0 aromatic heterocycles. The van der Waals surface area contributed by atoms with E-state index in [0.29, 0.717) is 12.8 Å². The van der Waals surface area contributed by atoms with Crippen molar-refractivity contribution in [3.05, 3.63) is 96.1 Å². The third-order valence-electron chi connectivity index (χ3n) is 6.41. The Hall–Kier alpha value is -4.32. The molecule has 4 rings (SSSR count). The van der Waals surface area contributed by atoms with Crippen molar-refractivity contribution >= 4 is 47.0 Å². The van der Waals surface area contributed by atoms with Crippen LogP contribution in [0, 0.1) is 0 Å². The molecule has 6 heteroatoms. The van der Waals surface area contributed by atoms with Crippen molar-refractivity contribution in [2.45, 2.75) is 39.5 Å². The van der Waals surface area contributed by atoms with Gasteiger partial charge in [0.2, 0.25) is 11.8 Å². The number of aliphatic imine (C=N–C) groups is 2. The van der Waals surface area contributed by atoms with Crippen LogP contribution in [0.5, 0.6) is 0 Å². The average molecular weight is 507 g/mol. The van der Waals surface area contributed by atoms with Crippen LogP contribution in [0.1, 0.15) is 39.5 Å². The second-order valence-electron chi connectivity index (χ2n) is 9.14. The smallest absolute Gasteiger partial charge is 0.227 e. The van der Waals surface area contributed by atoms with Crippen LogP contribution in [0.2, 0.25) is 0 Å². The van der Waals surface area contributed by atoms with E-state index >= 15 is 0 Å². The van der Waals surface area contributed by atoms with Gasteiger partial charge in [0.05, 0.1) is 11.4 Å². The lowest BCUT2D eigenvalue weighted by molar-refractivity contribution is -0.117. The van der Waals surface area contributed by atoms with Gasteiger partial charge in [0.15, 0.2) is 0 Å². The van der Waals surface area contributed by atoms with Crippen molar-refractivity contribution in [1.82, 2.24) is 0 Å². The van der Waals surface area contributed by atoms with Crippen LogP contribution in [0.3, 0.4) is 0 Å². The van der Waals surface area contributed by atoms with E-state index in [1.807, 2.05) is 109 Å². The van der Waals surface area contributed by atoms with Gasteiger partial charge < -0.3 is 9.80 Å². The van der Waals surface area contributed by atoms with Gasteiger partial charge in [-0.05, 0) is 86.4 Å². The Morgan fingerprint density at radius 2 is 1.16 bits per heavy atom. The lowest BCUT2D eigenvalue weighted by Crippen LogP contribution is -2.23. The fourth-order valence-corrected chi connectivity index (χ4v) is 4.59. The van der Waals surface area contributed by atoms with Crippen LogP contribution < -0.4 is 9.80 Å². The molecule has 2 fully saturated rings. The number of hydrogen-bond acceptors (Lipinski definition) is 4. The molecule has 0 bridgehead atoms. The first-order valence-corrected chi connectivity index (χ1v) is 13.1. The van der Waals surface area contributed by atoms with Crippen LogP contribution in [-0.4, -0.2) is 37.3 Å². The topological polar surface area (TPSA) is 65.3 Å². The van der Waals surface area contributed by atoms with E-state index in [-0.39, 0.29) is 11.8 Å². The molecule has 0 radical (unpaired) electrons. The molecule has 2 aromatic rings. The van der Waals surface area contributed by atoms with E-state index in [2.05, 4.69) is 9.98 Å². The van der Waals surface area contributed by atoms with Gasteiger partial charge in [0.1, 0.15) is 0 Å². The number of carbonyl (C=O) groups excluding carboxylic acids is 2. The first-order chi connectivity index (χ1) is 18.6. The average Bonchev–Trinajstić information content (AvgIpc) is 3.56. The minimum atomic E-state index is 0.167. The number of anilines is 2. The summed E-state index contributed by atoms with van der Waals surface area (Å²) in [6.07, 6.45) is 18.6. The van der Waals surface area contributed by atoms with Crippen LogP contribution in [-0.2, 0) is 9.59 Å². The molecule has 2 aromatic carbocycles. The van der Waals surface area contributed by atoms with E-state index in [4.69, 9.17) is 0 Å². The predicted octanol–water partition coefficient (Wildman–Crippen LogP) is 7.05. The molecule has 0 spiro atoms. The van der Waals surface area contributed by atoms with Gasteiger partial charge in [-0.15, -0.1) is 0 Å². The van der Waals surface area contributed by atoms with E-state index < -0.39 is 0 Å². The van der Waals surface area contributed by atoms with Crippen molar-refractivity contribution in [3.8, 4) is 0 Å². The third kappa shape index (κ3) is 6.91. The second kappa shape index (κ2) is 13.3. The van der Waals surface area contributed by atoms with Gasteiger partial charge in [-0.2, -0.15) is 0 Å². The molecular formula is C32H34N4O2. The van der Waals surface area contributed by atoms with Crippen molar-refractivity contribution in [3.63, 3.8) is 0 Å². The van der Waals surface area contributed by atoms with Crippen molar-refractivity contribution < 1.29 is 9.59 Å². The Kier molecular flexibility index (Phi) is 9.35. The number of carbonyl (C=O) groups is 2. The van der Waals surface area contributed by atoms with Gasteiger partial charge in [-0.1, -0.05) is 36.4 Å². The van der Waals surface area contributed by atoms with Gasteiger partial charge in [0, 0.05) is 49.7 Å². The Morgan fingerprint density at radius 1 is 0.711 bits per heavy atom. The number of amides is 2. The van der Waals surface area contributed by atoms with Crippen molar-refractivity contribution in [2.24, 2.45) is 9.98 Å². The van der Waals surface area contributed by atoms with E-state index in [1.165, 1.54) is 0 Å². The SMILES string of the molecule is C\C=C/C(=C/C=N/c1cccc(N2CCCC2=O)c1)C(/C=C\C)=C/C=N/c1cccc(N2CCCC2=O)c1. The summed E-state index contributed by atoms with van der Waals surface area (Å²) < 4.78 is 0. The number of rotatable bonds is 9. The van der Waals surface area contributed by atoms with E-state index in [0.717, 1.165) is 59.8 Å². The standard InChI is InChI=1S/C32H34N4O2/c1-3-9-25(17-19-33-27-11-5-13-29(23-27)35-21-7-15-31(35)37)26(10-4-2)18-20-34-28-12-6-14-30(24-28)36-22-8-16-32(36)38/h3-6,9-14,17-20,23-24H,7-8,15-16,21-22H2,1-2H3/b9-3-,10-4-,25-17-,26-18+,33-19+,34-20+. The van der Waals surface area contributed by atoms with Crippen LogP contribution in [0.4, 0.5) is 22.7 Å². The van der Waals surface area contributed by atoms with Crippen molar-refractivity contribution in [2.75, 3.05) is 22.9 Å². The van der Waals surface area contributed by atoms with Crippen LogP contribution in [0.25, 0.3) is 0 Å². The molecule has 0 atom stereocenters. The zero-order valence-electron chi connectivity index (χ0n) is 22.1. The van der Waals surface area contributed by atoms with Gasteiger partial charge in [-0.25, -0.2) is 0 Å². The fourth-order valence-electron chi connectivity index (χ4n) is 4.59. The highest BCUT2D eigenvalue weighted by molar-refractivity contribution is 5.96. The first kappa shape index (κ1) is 26.7. The molecule has 38 heavy (non-hydrogen) atoms. The molecule has 2 saturated heterocycles. The zero-order valence-corrected chi connectivity index (χ0v) is 22.1. The lowest BCUT2D eigenvalue weighted by Gasteiger charge is -2.15. The molecule has 2 heterocycles. The summed E-state index contributed by atoms with van der Waals surface area (Å²) in [5, 5.41) is 0. The Morgan fingerprint density at radius 3 is 1.53 bits per heavy atom. The Bertz CT molecular complexity index is 1240. The molecule has 194 valence electrons.